The number of nitrogen functional groups attached to an aromatic ring is 1. The van der Waals surface area contributed by atoms with Crippen molar-refractivity contribution in [2.75, 3.05) is 30.3 Å². The maximum atomic E-state index is 11.7. The number of nitriles is 1. The molecular weight excluding hydrogens is 228 g/mol. The number of nitrogens with two attached hydrogens (primary N) is 1. The first kappa shape index (κ1) is 12.2. The Morgan fingerprint density at radius 1 is 1.56 bits per heavy atom. The van der Waals surface area contributed by atoms with Gasteiger partial charge in [0, 0.05) is 24.5 Å². The largest absolute Gasteiger partial charge is 0.399 e. The van der Waals surface area contributed by atoms with Gasteiger partial charge in [-0.15, -0.1) is 0 Å². The number of rotatable bonds is 4. The minimum atomic E-state index is -0.0551. The van der Waals surface area contributed by atoms with Gasteiger partial charge >= 0.3 is 0 Å². The summed E-state index contributed by atoms with van der Waals surface area (Å²) in [5.41, 5.74) is 8.75. The molecule has 1 amide bonds. The van der Waals surface area contributed by atoms with Gasteiger partial charge < -0.3 is 16.0 Å². The van der Waals surface area contributed by atoms with Crippen LogP contribution in [0.1, 0.15) is 12.0 Å². The van der Waals surface area contributed by atoms with Crippen molar-refractivity contribution < 1.29 is 4.79 Å². The minimum absolute atomic E-state index is 0.0551. The highest BCUT2D eigenvalue weighted by atomic mass is 16.2. The van der Waals surface area contributed by atoms with E-state index in [1.807, 2.05) is 29.2 Å². The Labute approximate surface area is 106 Å². The highest BCUT2D eigenvalue weighted by Crippen LogP contribution is 2.29. The lowest BCUT2D eigenvalue weighted by molar-refractivity contribution is -0.119. The van der Waals surface area contributed by atoms with Crippen LogP contribution in [0.3, 0.4) is 0 Å². The van der Waals surface area contributed by atoms with Gasteiger partial charge in [0.05, 0.1) is 19.0 Å². The van der Waals surface area contributed by atoms with E-state index in [1.165, 1.54) is 5.56 Å². The van der Waals surface area contributed by atoms with E-state index < -0.39 is 0 Å². The Morgan fingerprint density at radius 2 is 2.39 bits per heavy atom. The van der Waals surface area contributed by atoms with E-state index >= 15 is 0 Å². The minimum Gasteiger partial charge on any atom is -0.399 e. The van der Waals surface area contributed by atoms with Gasteiger partial charge in [-0.25, -0.2) is 0 Å². The Kier molecular flexibility index (Phi) is 3.68. The van der Waals surface area contributed by atoms with Gasteiger partial charge in [0.2, 0.25) is 5.91 Å². The SMILES string of the molecule is N#CCCNC(=O)CN1CCc2ccc(N)cc21. The molecule has 0 bridgehead atoms. The molecule has 94 valence electrons. The second-order valence-electron chi connectivity index (χ2n) is 4.32. The van der Waals surface area contributed by atoms with Crippen LogP contribution < -0.4 is 16.0 Å². The molecule has 0 saturated carbocycles. The van der Waals surface area contributed by atoms with Crippen molar-refractivity contribution in [3.05, 3.63) is 23.8 Å². The first-order valence-corrected chi connectivity index (χ1v) is 5.97. The Morgan fingerprint density at radius 3 is 3.17 bits per heavy atom. The average molecular weight is 244 g/mol. The van der Waals surface area contributed by atoms with E-state index in [9.17, 15) is 4.79 Å². The summed E-state index contributed by atoms with van der Waals surface area (Å²) in [4.78, 5) is 13.7. The monoisotopic (exact) mass is 244 g/mol. The van der Waals surface area contributed by atoms with Crippen molar-refractivity contribution in [3.8, 4) is 6.07 Å². The average Bonchev–Trinajstić information content (AvgIpc) is 2.72. The third-order valence-electron chi connectivity index (χ3n) is 2.99. The molecule has 0 radical (unpaired) electrons. The van der Waals surface area contributed by atoms with Gasteiger partial charge in [-0.1, -0.05) is 6.07 Å². The fourth-order valence-electron chi connectivity index (χ4n) is 2.11. The number of benzene rings is 1. The van der Waals surface area contributed by atoms with Crippen LogP contribution in [0.4, 0.5) is 11.4 Å². The summed E-state index contributed by atoms with van der Waals surface area (Å²) < 4.78 is 0. The van der Waals surface area contributed by atoms with E-state index in [0.717, 1.165) is 18.7 Å². The number of carbonyl (C=O) groups is 1. The predicted molar refractivity (Wildman–Crippen MR) is 70.0 cm³/mol. The summed E-state index contributed by atoms with van der Waals surface area (Å²) in [6.45, 7) is 1.57. The second-order valence-corrected chi connectivity index (χ2v) is 4.32. The van der Waals surface area contributed by atoms with Crippen molar-refractivity contribution in [1.82, 2.24) is 5.32 Å². The maximum Gasteiger partial charge on any atom is 0.239 e. The molecular formula is C13H16N4O. The summed E-state index contributed by atoms with van der Waals surface area (Å²) in [6, 6.07) is 7.80. The Balaban J connectivity index is 1.95. The van der Waals surface area contributed by atoms with Gasteiger partial charge in [-0.05, 0) is 24.1 Å². The fourth-order valence-corrected chi connectivity index (χ4v) is 2.11. The van der Waals surface area contributed by atoms with Gasteiger partial charge in [-0.3, -0.25) is 4.79 Å². The lowest BCUT2D eigenvalue weighted by atomic mass is 10.1. The van der Waals surface area contributed by atoms with Crippen LogP contribution in [-0.4, -0.2) is 25.5 Å². The molecule has 1 aromatic carbocycles. The van der Waals surface area contributed by atoms with E-state index in [1.54, 1.807) is 0 Å². The zero-order chi connectivity index (χ0) is 13.0. The number of nitrogens with zero attached hydrogens (tertiary/aromatic N) is 2. The molecule has 5 heteroatoms. The number of carbonyl (C=O) groups excluding carboxylic acids is 1. The highest BCUT2D eigenvalue weighted by molar-refractivity contribution is 5.82. The topological polar surface area (TPSA) is 82.2 Å². The first-order valence-electron chi connectivity index (χ1n) is 5.97. The molecule has 3 N–H and O–H groups in total. The van der Waals surface area contributed by atoms with Gasteiger partial charge in [0.25, 0.3) is 0 Å². The molecule has 1 aromatic rings. The number of nitrogens with one attached hydrogen (secondary N) is 1. The molecule has 0 aromatic heterocycles. The first-order chi connectivity index (χ1) is 8.70. The molecule has 0 saturated heterocycles. The molecule has 18 heavy (non-hydrogen) atoms. The van der Waals surface area contributed by atoms with Gasteiger partial charge in [0.1, 0.15) is 0 Å². The van der Waals surface area contributed by atoms with Crippen molar-refractivity contribution in [2.45, 2.75) is 12.8 Å². The lowest BCUT2D eigenvalue weighted by Crippen LogP contribution is -2.36. The summed E-state index contributed by atoms with van der Waals surface area (Å²) >= 11 is 0. The normalized spacial score (nSPS) is 12.9. The number of hydrogen-bond acceptors (Lipinski definition) is 4. The van der Waals surface area contributed by atoms with E-state index in [4.69, 9.17) is 11.0 Å². The van der Waals surface area contributed by atoms with Crippen molar-refractivity contribution in [1.29, 1.82) is 5.26 Å². The van der Waals surface area contributed by atoms with Gasteiger partial charge in [-0.2, -0.15) is 5.26 Å². The zero-order valence-corrected chi connectivity index (χ0v) is 10.1. The third kappa shape index (κ3) is 2.72. The van der Waals surface area contributed by atoms with Crippen LogP contribution in [0.2, 0.25) is 0 Å². The third-order valence-corrected chi connectivity index (χ3v) is 2.99. The molecule has 1 aliphatic rings. The quantitative estimate of drug-likeness (QED) is 0.602. The van der Waals surface area contributed by atoms with Crippen LogP contribution in [0.5, 0.6) is 0 Å². The van der Waals surface area contributed by atoms with Crippen LogP contribution >= 0.6 is 0 Å². The molecule has 0 unspecified atom stereocenters. The van der Waals surface area contributed by atoms with Crippen LogP contribution in [0.15, 0.2) is 18.2 Å². The smallest absolute Gasteiger partial charge is 0.239 e. The summed E-state index contributed by atoms with van der Waals surface area (Å²) in [6.07, 6.45) is 1.29. The summed E-state index contributed by atoms with van der Waals surface area (Å²) in [5, 5.41) is 11.1. The van der Waals surface area contributed by atoms with E-state index in [0.29, 0.717) is 25.2 Å². The summed E-state index contributed by atoms with van der Waals surface area (Å²) in [5.74, 6) is -0.0551. The fraction of sp³-hybridized carbons (Fsp3) is 0.385. The van der Waals surface area contributed by atoms with Crippen LogP contribution in [0, 0.1) is 11.3 Å². The number of fused-ring (bicyclic) bond motifs is 1. The number of anilines is 2. The van der Waals surface area contributed by atoms with E-state index in [-0.39, 0.29) is 5.91 Å². The molecule has 1 aliphatic heterocycles. The highest BCUT2D eigenvalue weighted by Gasteiger charge is 2.20. The summed E-state index contributed by atoms with van der Waals surface area (Å²) in [7, 11) is 0. The zero-order valence-electron chi connectivity index (χ0n) is 10.1. The van der Waals surface area contributed by atoms with E-state index in [2.05, 4.69) is 5.32 Å². The van der Waals surface area contributed by atoms with Crippen molar-refractivity contribution in [3.63, 3.8) is 0 Å². The van der Waals surface area contributed by atoms with Crippen molar-refractivity contribution >= 4 is 17.3 Å². The Bertz CT molecular complexity index is 492. The molecule has 5 nitrogen and oxygen atoms in total. The molecule has 2 rings (SSSR count). The predicted octanol–water partition coefficient (Wildman–Crippen LogP) is 0.661. The second kappa shape index (κ2) is 5.41. The molecule has 0 fully saturated rings. The number of amides is 1. The molecule has 1 heterocycles. The standard InChI is InChI=1S/C13H16N4O/c14-5-1-6-16-13(18)9-17-7-4-10-2-3-11(15)8-12(10)17/h2-3,8H,1,4,6-7,9,15H2,(H,16,18). The van der Waals surface area contributed by atoms with Crippen LogP contribution in [-0.2, 0) is 11.2 Å². The molecule has 0 atom stereocenters. The maximum absolute atomic E-state index is 11.7. The van der Waals surface area contributed by atoms with Crippen molar-refractivity contribution in [2.24, 2.45) is 0 Å². The molecule has 0 spiro atoms. The number of hydrogen-bond donors (Lipinski definition) is 2. The van der Waals surface area contributed by atoms with Crippen LogP contribution in [0.25, 0.3) is 0 Å². The lowest BCUT2D eigenvalue weighted by Gasteiger charge is -2.18. The molecule has 0 aliphatic carbocycles. The Hall–Kier alpha value is -2.22. The van der Waals surface area contributed by atoms with Gasteiger partial charge in [0.15, 0.2) is 0 Å².